The van der Waals surface area contributed by atoms with Gasteiger partial charge in [0.2, 0.25) is 0 Å². The summed E-state index contributed by atoms with van der Waals surface area (Å²) in [5.41, 5.74) is 1.25. The summed E-state index contributed by atoms with van der Waals surface area (Å²) in [6.07, 6.45) is 0.939. The molecule has 0 radical (unpaired) electrons. The Bertz CT molecular complexity index is 327. The predicted octanol–water partition coefficient (Wildman–Crippen LogP) is 2.40. The molecular formula is C15H25NO3. The summed E-state index contributed by atoms with van der Waals surface area (Å²) in [6.45, 7) is 4.70. The highest BCUT2D eigenvalue weighted by molar-refractivity contribution is 5.29. The van der Waals surface area contributed by atoms with Gasteiger partial charge in [0.25, 0.3) is 0 Å². The van der Waals surface area contributed by atoms with Crippen LogP contribution in [0.15, 0.2) is 24.3 Å². The molecule has 4 heteroatoms. The van der Waals surface area contributed by atoms with Crippen LogP contribution in [-0.4, -0.2) is 40.6 Å². The lowest BCUT2D eigenvalue weighted by atomic mass is 10.0. The standard InChI is InChI=1S/C15H25NO3/c1-4-19-14-7-5-13(6-8-14)15(16-2)9-10-18-12-11-17-3/h5-8,15-16H,4,9-12H2,1-3H3. The van der Waals surface area contributed by atoms with E-state index in [1.165, 1.54) is 5.56 Å². The highest BCUT2D eigenvalue weighted by atomic mass is 16.5. The van der Waals surface area contributed by atoms with Crippen LogP contribution >= 0.6 is 0 Å². The van der Waals surface area contributed by atoms with Crippen LogP contribution in [0.3, 0.4) is 0 Å². The highest BCUT2D eigenvalue weighted by Gasteiger charge is 2.09. The maximum Gasteiger partial charge on any atom is 0.119 e. The maximum atomic E-state index is 5.50. The first-order chi connectivity index (χ1) is 9.31. The lowest BCUT2D eigenvalue weighted by Gasteiger charge is -2.17. The van der Waals surface area contributed by atoms with E-state index in [0.29, 0.717) is 25.9 Å². The average molecular weight is 267 g/mol. The summed E-state index contributed by atoms with van der Waals surface area (Å²) in [5.74, 6) is 0.914. The Hall–Kier alpha value is -1.10. The Morgan fingerprint density at radius 1 is 1.11 bits per heavy atom. The molecule has 0 heterocycles. The largest absolute Gasteiger partial charge is 0.494 e. The van der Waals surface area contributed by atoms with Gasteiger partial charge in [0, 0.05) is 19.8 Å². The van der Waals surface area contributed by atoms with Crippen molar-refractivity contribution in [3.05, 3.63) is 29.8 Å². The van der Waals surface area contributed by atoms with Crippen LogP contribution in [0, 0.1) is 0 Å². The lowest BCUT2D eigenvalue weighted by molar-refractivity contribution is 0.0661. The normalized spacial score (nSPS) is 12.4. The molecule has 1 rings (SSSR count). The van der Waals surface area contributed by atoms with E-state index in [-0.39, 0.29) is 0 Å². The Labute approximate surface area is 116 Å². The van der Waals surface area contributed by atoms with Crippen molar-refractivity contribution in [1.29, 1.82) is 0 Å². The third kappa shape index (κ3) is 6.05. The topological polar surface area (TPSA) is 39.7 Å². The average Bonchev–Trinajstić information content (AvgIpc) is 2.44. The molecule has 4 nitrogen and oxygen atoms in total. The van der Waals surface area contributed by atoms with Gasteiger partial charge in [-0.05, 0) is 38.1 Å². The van der Waals surface area contributed by atoms with Crippen LogP contribution in [0.2, 0.25) is 0 Å². The van der Waals surface area contributed by atoms with Crippen LogP contribution in [0.4, 0.5) is 0 Å². The van der Waals surface area contributed by atoms with E-state index in [4.69, 9.17) is 14.2 Å². The second kappa shape index (κ2) is 9.78. The Balaban J connectivity index is 2.40. The van der Waals surface area contributed by atoms with Gasteiger partial charge in [-0.3, -0.25) is 0 Å². The van der Waals surface area contributed by atoms with E-state index in [0.717, 1.165) is 18.8 Å². The molecule has 0 bridgehead atoms. The van der Waals surface area contributed by atoms with E-state index in [9.17, 15) is 0 Å². The molecule has 1 unspecified atom stereocenters. The number of hydrogen-bond acceptors (Lipinski definition) is 4. The first-order valence-electron chi connectivity index (χ1n) is 6.78. The predicted molar refractivity (Wildman–Crippen MR) is 76.7 cm³/mol. The number of hydrogen-bond donors (Lipinski definition) is 1. The molecule has 1 aromatic rings. The van der Waals surface area contributed by atoms with E-state index in [2.05, 4.69) is 17.4 Å². The molecule has 0 fully saturated rings. The van der Waals surface area contributed by atoms with Gasteiger partial charge >= 0.3 is 0 Å². The zero-order valence-electron chi connectivity index (χ0n) is 12.1. The molecule has 0 amide bonds. The molecule has 0 aliphatic carbocycles. The third-order valence-electron chi connectivity index (χ3n) is 2.92. The number of nitrogens with one attached hydrogen (secondary N) is 1. The van der Waals surface area contributed by atoms with E-state index in [1.807, 2.05) is 26.1 Å². The van der Waals surface area contributed by atoms with Crippen LogP contribution in [-0.2, 0) is 9.47 Å². The van der Waals surface area contributed by atoms with Gasteiger partial charge < -0.3 is 19.5 Å². The first kappa shape index (κ1) is 16.0. The van der Waals surface area contributed by atoms with Crippen molar-refractivity contribution in [3.8, 4) is 5.75 Å². The maximum absolute atomic E-state index is 5.50. The lowest BCUT2D eigenvalue weighted by Crippen LogP contribution is -2.18. The first-order valence-corrected chi connectivity index (χ1v) is 6.78. The molecule has 0 spiro atoms. The molecule has 0 aromatic heterocycles. The minimum absolute atomic E-state index is 0.304. The molecule has 1 aromatic carbocycles. The van der Waals surface area contributed by atoms with Gasteiger partial charge in [0.15, 0.2) is 0 Å². The summed E-state index contributed by atoms with van der Waals surface area (Å²) >= 11 is 0. The van der Waals surface area contributed by atoms with Gasteiger partial charge in [-0.1, -0.05) is 12.1 Å². The van der Waals surface area contributed by atoms with Gasteiger partial charge in [-0.15, -0.1) is 0 Å². The second-order valence-electron chi connectivity index (χ2n) is 4.24. The number of rotatable bonds is 10. The summed E-state index contributed by atoms with van der Waals surface area (Å²) in [4.78, 5) is 0. The number of benzene rings is 1. The summed E-state index contributed by atoms with van der Waals surface area (Å²) in [6, 6.07) is 8.52. The van der Waals surface area contributed by atoms with E-state index in [1.54, 1.807) is 7.11 Å². The van der Waals surface area contributed by atoms with Crippen LogP contribution in [0.1, 0.15) is 24.9 Å². The molecule has 0 aliphatic rings. The smallest absolute Gasteiger partial charge is 0.119 e. The zero-order chi connectivity index (χ0) is 13.9. The second-order valence-corrected chi connectivity index (χ2v) is 4.24. The molecule has 0 saturated heterocycles. The van der Waals surface area contributed by atoms with Crippen LogP contribution in [0.25, 0.3) is 0 Å². The molecule has 1 N–H and O–H groups in total. The van der Waals surface area contributed by atoms with Crippen molar-refractivity contribution >= 4 is 0 Å². The molecular weight excluding hydrogens is 242 g/mol. The quantitative estimate of drug-likeness (QED) is 0.661. The zero-order valence-corrected chi connectivity index (χ0v) is 12.1. The summed E-state index contributed by atoms with van der Waals surface area (Å²) in [5, 5.41) is 3.31. The fraction of sp³-hybridized carbons (Fsp3) is 0.600. The SMILES string of the molecule is CCOc1ccc(C(CCOCCOC)NC)cc1. The summed E-state index contributed by atoms with van der Waals surface area (Å²) in [7, 11) is 3.65. The van der Waals surface area contributed by atoms with Crippen LogP contribution < -0.4 is 10.1 Å². The fourth-order valence-electron chi connectivity index (χ4n) is 1.89. The van der Waals surface area contributed by atoms with Crippen molar-refractivity contribution in [2.24, 2.45) is 0 Å². The molecule has 1 atom stereocenters. The van der Waals surface area contributed by atoms with Crippen molar-refractivity contribution < 1.29 is 14.2 Å². The Morgan fingerprint density at radius 2 is 1.84 bits per heavy atom. The molecule has 0 aliphatic heterocycles. The van der Waals surface area contributed by atoms with Crippen molar-refractivity contribution in [2.45, 2.75) is 19.4 Å². The van der Waals surface area contributed by atoms with E-state index < -0.39 is 0 Å². The van der Waals surface area contributed by atoms with Gasteiger partial charge in [-0.25, -0.2) is 0 Å². The fourth-order valence-corrected chi connectivity index (χ4v) is 1.89. The Kier molecular flexibility index (Phi) is 8.21. The van der Waals surface area contributed by atoms with Crippen molar-refractivity contribution in [1.82, 2.24) is 5.32 Å². The van der Waals surface area contributed by atoms with Gasteiger partial charge in [0.05, 0.1) is 19.8 Å². The van der Waals surface area contributed by atoms with Crippen molar-refractivity contribution in [3.63, 3.8) is 0 Å². The Morgan fingerprint density at radius 3 is 2.42 bits per heavy atom. The number of methoxy groups -OCH3 is 1. The monoisotopic (exact) mass is 267 g/mol. The highest BCUT2D eigenvalue weighted by Crippen LogP contribution is 2.20. The van der Waals surface area contributed by atoms with E-state index >= 15 is 0 Å². The van der Waals surface area contributed by atoms with Gasteiger partial charge in [0.1, 0.15) is 5.75 Å². The number of ether oxygens (including phenoxy) is 3. The van der Waals surface area contributed by atoms with Gasteiger partial charge in [-0.2, -0.15) is 0 Å². The minimum Gasteiger partial charge on any atom is -0.494 e. The molecule has 19 heavy (non-hydrogen) atoms. The molecule has 108 valence electrons. The van der Waals surface area contributed by atoms with Crippen LogP contribution in [0.5, 0.6) is 5.75 Å². The summed E-state index contributed by atoms with van der Waals surface area (Å²) < 4.78 is 15.9. The molecule has 0 saturated carbocycles. The third-order valence-corrected chi connectivity index (χ3v) is 2.92. The van der Waals surface area contributed by atoms with Crippen molar-refractivity contribution in [2.75, 3.05) is 40.6 Å². The minimum atomic E-state index is 0.304.